The molecule has 72 valence electrons. The Hall–Kier alpha value is -0.650. The van der Waals surface area contributed by atoms with Gasteiger partial charge in [0.15, 0.2) is 0 Å². The summed E-state index contributed by atoms with van der Waals surface area (Å²) in [5, 5.41) is 0. The average molecular weight is 177 g/mol. The number of hydrogen-bond donors (Lipinski definition) is 1. The maximum atomic E-state index is 10.5. The van der Waals surface area contributed by atoms with Gasteiger partial charge in [0.05, 0.1) is 26.9 Å². The Morgan fingerprint density at radius 3 is 2.50 bits per heavy atom. The number of carbonyl (C=O) groups excluding carboxylic acids is 1. The maximum absolute atomic E-state index is 10.5. The van der Waals surface area contributed by atoms with E-state index in [1.54, 1.807) is 0 Å². The van der Waals surface area contributed by atoms with Crippen molar-refractivity contribution in [3.8, 4) is 0 Å². The van der Waals surface area contributed by atoms with Crippen molar-refractivity contribution in [1.82, 2.24) is 0 Å². The van der Waals surface area contributed by atoms with Gasteiger partial charge in [0.2, 0.25) is 0 Å². The zero-order valence-corrected chi connectivity index (χ0v) is 7.25. The van der Waals surface area contributed by atoms with Crippen LogP contribution in [0.5, 0.6) is 0 Å². The van der Waals surface area contributed by atoms with E-state index in [-0.39, 0.29) is 12.6 Å². The summed E-state index contributed by atoms with van der Waals surface area (Å²) in [6.45, 7) is 1.82. The van der Waals surface area contributed by atoms with Crippen molar-refractivity contribution in [1.29, 1.82) is 0 Å². The third kappa shape index (κ3) is 7.46. The van der Waals surface area contributed by atoms with E-state index >= 15 is 0 Å². The molecule has 0 aromatic rings. The van der Waals surface area contributed by atoms with Crippen molar-refractivity contribution in [2.45, 2.75) is 0 Å². The molecule has 0 fully saturated rings. The maximum Gasteiger partial charge on any atom is 0.331 e. The van der Waals surface area contributed by atoms with E-state index in [0.717, 1.165) is 0 Å². The van der Waals surface area contributed by atoms with E-state index in [4.69, 9.17) is 15.2 Å². The second-order valence-corrected chi connectivity index (χ2v) is 2.03. The van der Waals surface area contributed by atoms with Gasteiger partial charge in [-0.2, -0.15) is 0 Å². The van der Waals surface area contributed by atoms with Crippen LogP contribution in [0.1, 0.15) is 0 Å². The highest BCUT2D eigenvalue weighted by Crippen LogP contribution is 1.80. The highest BCUT2D eigenvalue weighted by molar-refractivity contribution is 5.70. The molecule has 0 spiro atoms. The minimum atomic E-state index is -0.381. The molecular formula is C7H15NO4. The highest BCUT2D eigenvalue weighted by Gasteiger charge is 1.98. The molecule has 0 aliphatic rings. The van der Waals surface area contributed by atoms with Gasteiger partial charge in [-0.15, -0.1) is 0 Å². The smallest absolute Gasteiger partial charge is 0.331 e. The standard InChI is InChI=1S/C7H15NO4/c1-10-7(9)6-12-5-4-11-3-2-8/h2-6,8H2,1H3. The summed E-state index contributed by atoms with van der Waals surface area (Å²) in [5.41, 5.74) is 5.17. The minimum Gasteiger partial charge on any atom is -0.467 e. The largest absolute Gasteiger partial charge is 0.467 e. The molecular weight excluding hydrogens is 162 g/mol. The van der Waals surface area contributed by atoms with Gasteiger partial charge in [-0.1, -0.05) is 0 Å². The monoisotopic (exact) mass is 177 g/mol. The van der Waals surface area contributed by atoms with Gasteiger partial charge >= 0.3 is 5.97 Å². The van der Waals surface area contributed by atoms with Crippen molar-refractivity contribution >= 4 is 5.97 Å². The quantitative estimate of drug-likeness (QED) is 0.405. The molecule has 0 rings (SSSR count). The van der Waals surface area contributed by atoms with Gasteiger partial charge in [-0.25, -0.2) is 4.79 Å². The van der Waals surface area contributed by atoms with Crippen LogP contribution in [0, 0.1) is 0 Å². The highest BCUT2D eigenvalue weighted by atomic mass is 16.6. The lowest BCUT2D eigenvalue weighted by molar-refractivity contribution is -0.146. The first kappa shape index (κ1) is 11.4. The predicted octanol–water partition coefficient (Wildman–Crippen LogP) is -0.849. The van der Waals surface area contributed by atoms with E-state index in [2.05, 4.69) is 4.74 Å². The van der Waals surface area contributed by atoms with Gasteiger partial charge in [0.25, 0.3) is 0 Å². The molecule has 0 unspecified atom stereocenters. The van der Waals surface area contributed by atoms with E-state index < -0.39 is 0 Å². The molecule has 0 bridgehead atoms. The fourth-order valence-corrected chi connectivity index (χ4v) is 0.518. The zero-order chi connectivity index (χ0) is 9.23. The first-order valence-electron chi connectivity index (χ1n) is 3.73. The summed E-state index contributed by atoms with van der Waals surface area (Å²) in [6.07, 6.45) is 0. The Balaban J connectivity index is 2.95. The lowest BCUT2D eigenvalue weighted by Crippen LogP contribution is -2.15. The van der Waals surface area contributed by atoms with E-state index in [0.29, 0.717) is 26.4 Å². The first-order chi connectivity index (χ1) is 5.81. The van der Waals surface area contributed by atoms with Crippen LogP contribution >= 0.6 is 0 Å². The lowest BCUT2D eigenvalue weighted by Gasteiger charge is -2.03. The molecule has 12 heavy (non-hydrogen) atoms. The third-order valence-electron chi connectivity index (χ3n) is 1.08. The van der Waals surface area contributed by atoms with Crippen LogP contribution in [0.15, 0.2) is 0 Å². The number of hydrogen-bond acceptors (Lipinski definition) is 5. The van der Waals surface area contributed by atoms with Crippen LogP contribution in [-0.4, -0.2) is 46.1 Å². The molecule has 5 heteroatoms. The van der Waals surface area contributed by atoms with Gasteiger partial charge < -0.3 is 19.9 Å². The third-order valence-corrected chi connectivity index (χ3v) is 1.08. The number of esters is 1. The molecule has 0 amide bonds. The molecule has 5 nitrogen and oxygen atoms in total. The summed E-state index contributed by atoms with van der Waals surface area (Å²) < 4.78 is 14.2. The topological polar surface area (TPSA) is 70.8 Å². The number of ether oxygens (including phenoxy) is 3. The van der Waals surface area contributed by atoms with Crippen LogP contribution in [0.3, 0.4) is 0 Å². The first-order valence-corrected chi connectivity index (χ1v) is 3.73. The summed E-state index contributed by atoms with van der Waals surface area (Å²) >= 11 is 0. The SMILES string of the molecule is COC(=O)COCCOCCN. The number of methoxy groups -OCH3 is 1. The number of rotatable bonds is 7. The Morgan fingerprint density at radius 2 is 1.92 bits per heavy atom. The second-order valence-electron chi connectivity index (χ2n) is 2.03. The Labute approximate surface area is 71.8 Å². The van der Waals surface area contributed by atoms with Crippen LogP contribution in [0.2, 0.25) is 0 Å². The number of nitrogens with two attached hydrogens (primary N) is 1. The summed E-state index contributed by atoms with van der Waals surface area (Å²) in [6, 6.07) is 0. The molecule has 0 aliphatic heterocycles. The fraction of sp³-hybridized carbons (Fsp3) is 0.857. The summed E-state index contributed by atoms with van der Waals surface area (Å²) in [7, 11) is 1.32. The predicted molar refractivity (Wildman–Crippen MR) is 42.7 cm³/mol. The Bertz CT molecular complexity index is 118. The molecule has 0 heterocycles. The van der Waals surface area contributed by atoms with Crippen LogP contribution in [0.25, 0.3) is 0 Å². The fourth-order valence-electron chi connectivity index (χ4n) is 0.518. The van der Waals surface area contributed by atoms with Crippen molar-refractivity contribution in [3.63, 3.8) is 0 Å². The van der Waals surface area contributed by atoms with E-state index in [9.17, 15) is 4.79 Å². The molecule has 2 N–H and O–H groups in total. The van der Waals surface area contributed by atoms with Gasteiger partial charge in [0, 0.05) is 6.54 Å². The molecule has 0 saturated carbocycles. The van der Waals surface area contributed by atoms with Crippen LogP contribution < -0.4 is 5.73 Å². The van der Waals surface area contributed by atoms with Crippen molar-refractivity contribution in [2.75, 3.05) is 40.1 Å². The number of carbonyl (C=O) groups is 1. The normalized spacial score (nSPS) is 9.83. The van der Waals surface area contributed by atoms with Crippen molar-refractivity contribution in [2.24, 2.45) is 5.73 Å². The van der Waals surface area contributed by atoms with E-state index in [1.165, 1.54) is 7.11 Å². The molecule has 0 aromatic carbocycles. The zero-order valence-electron chi connectivity index (χ0n) is 7.25. The lowest BCUT2D eigenvalue weighted by atomic mass is 10.7. The molecule has 0 aromatic heterocycles. The average Bonchev–Trinajstić information content (AvgIpc) is 2.10. The molecule has 0 atom stereocenters. The van der Waals surface area contributed by atoms with Gasteiger partial charge in [0.1, 0.15) is 6.61 Å². The summed E-state index contributed by atoms with van der Waals surface area (Å²) in [4.78, 5) is 10.5. The molecule has 0 saturated heterocycles. The molecule has 0 aliphatic carbocycles. The van der Waals surface area contributed by atoms with Gasteiger partial charge in [-0.3, -0.25) is 0 Å². The van der Waals surface area contributed by atoms with Gasteiger partial charge in [-0.05, 0) is 0 Å². The van der Waals surface area contributed by atoms with Crippen LogP contribution in [0.4, 0.5) is 0 Å². The molecule has 0 radical (unpaired) electrons. The second kappa shape index (κ2) is 8.45. The van der Waals surface area contributed by atoms with E-state index in [1.807, 2.05) is 0 Å². The van der Waals surface area contributed by atoms with Crippen LogP contribution in [-0.2, 0) is 19.0 Å². The van der Waals surface area contributed by atoms with Crippen molar-refractivity contribution < 1.29 is 19.0 Å². The van der Waals surface area contributed by atoms with Crippen molar-refractivity contribution in [3.05, 3.63) is 0 Å². The Morgan fingerprint density at radius 1 is 1.25 bits per heavy atom. The summed E-state index contributed by atoms with van der Waals surface area (Å²) in [5.74, 6) is -0.381. The minimum absolute atomic E-state index is 0.0253. The Kier molecular flexibility index (Phi) is 7.99.